The van der Waals surface area contributed by atoms with Crippen LogP contribution in [0.5, 0.6) is 0 Å². The Bertz CT molecular complexity index is 948. The molecule has 0 atom stereocenters. The van der Waals surface area contributed by atoms with Gasteiger partial charge in [-0.1, -0.05) is 35.5 Å². The van der Waals surface area contributed by atoms with E-state index >= 15 is 0 Å². The van der Waals surface area contributed by atoms with E-state index in [1.165, 1.54) is 5.56 Å². The van der Waals surface area contributed by atoms with Gasteiger partial charge in [-0.25, -0.2) is 13.4 Å². The van der Waals surface area contributed by atoms with Crippen LogP contribution in [0.15, 0.2) is 58.1 Å². The van der Waals surface area contributed by atoms with E-state index in [1.54, 1.807) is 32.2 Å². The van der Waals surface area contributed by atoms with Gasteiger partial charge in [0.2, 0.25) is 0 Å². The number of anilines is 2. The summed E-state index contributed by atoms with van der Waals surface area (Å²) in [5.74, 6) is 0.479. The molecule has 136 valence electrons. The van der Waals surface area contributed by atoms with Crippen molar-refractivity contribution < 1.29 is 12.9 Å². The lowest BCUT2D eigenvalue weighted by Crippen LogP contribution is -2.15. The van der Waals surface area contributed by atoms with Gasteiger partial charge in [0.05, 0.1) is 11.9 Å². The monoisotopic (exact) mass is 372 g/mol. The number of sulfonamides is 1. The van der Waals surface area contributed by atoms with Gasteiger partial charge in [-0.2, -0.15) is 0 Å². The molecule has 0 fully saturated rings. The zero-order valence-electron chi connectivity index (χ0n) is 14.6. The topological polar surface area (TPSA) is 97.1 Å². The Labute approximate surface area is 152 Å². The van der Waals surface area contributed by atoms with Crippen molar-refractivity contribution in [3.8, 4) is 0 Å². The van der Waals surface area contributed by atoms with Crippen molar-refractivity contribution in [2.75, 3.05) is 16.6 Å². The average Bonchev–Trinajstić information content (AvgIpc) is 2.96. The number of benzene rings is 1. The molecule has 0 saturated carbocycles. The molecule has 8 heteroatoms. The third kappa shape index (κ3) is 4.20. The van der Waals surface area contributed by atoms with Crippen molar-refractivity contribution in [1.29, 1.82) is 0 Å². The predicted octanol–water partition coefficient (Wildman–Crippen LogP) is 3.14. The number of rotatable bonds is 7. The average molecular weight is 372 g/mol. The fraction of sp³-hybridized carbons (Fsp3) is 0.222. The lowest BCUT2D eigenvalue weighted by molar-refractivity contribution is 0.390. The Kier molecular flexibility index (Phi) is 5.22. The highest BCUT2D eigenvalue weighted by molar-refractivity contribution is 7.92. The fourth-order valence-corrected chi connectivity index (χ4v) is 3.94. The molecule has 3 rings (SSSR count). The second-order valence-corrected chi connectivity index (χ2v) is 7.47. The minimum absolute atomic E-state index is 0.0457. The summed E-state index contributed by atoms with van der Waals surface area (Å²) in [6.45, 7) is 3.90. The van der Waals surface area contributed by atoms with Crippen LogP contribution in [0.2, 0.25) is 0 Å². The Hall–Kier alpha value is -2.87. The third-order valence-corrected chi connectivity index (χ3v) is 5.42. The van der Waals surface area contributed by atoms with Crippen molar-refractivity contribution in [3.05, 3.63) is 65.7 Å². The minimum Gasteiger partial charge on any atom is -0.383 e. The molecule has 2 aromatic heterocycles. The lowest BCUT2D eigenvalue weighted by atomic mass is 10.1. The maximum atomic E-state index is 12.5. The molecule has 0 aliphatic heterocycles. The summed E-state index contributed by atoms with van der Waals surface area (Å²) in [7, 11) is -3.79. The first-order chi connectivity index (χ1) is 12.5. The first-order valence-corrected chi connectivity index (χ1v) is 9.63. The van der Waals surface area contributed by atoms with Gasteiger partial charge >= 0.3 is 0 Å². The van der Waals surface area contributed by atoms with Crippen LogP contribution >= 0.6 is 0 Å². The molecule has 0 amide bonds. The normalized spacial score (nSPS) is 11.3. The van der Waals surface area contributed by atoms with Gasteiger partial charge in [0, 0.05) is 6.54 Å². The van der Waals surface area contributed by atoms with Gasteiger partial charge in [0.15, 0.2) is 10.7 Å². The standard InChI is InChI=1S/C18H20N4O3S/c1-13-18(14(2)25-21-13)26(23,24)22-17-9-8-16(12-20-17)19-11-10-15-6-4-3-5-7-15/h3-9,12,19H,10-11H2,1-2H3,(H,20,22). The highest BCUT2D eigenvalue weighted by Crippen LogP contribution is 2.22. The van der Waals surface area contributed by atoms with Crippen LogP contribution in [0.3, 0.4) is 0 Å². The highest BCUT2D eigenvalue weighted by Gasteiger charge is 2.24. The zero-order chi connectivity index (χ0) is 18.6. The van der Waals surface area contributed by atoms with Gasteiger partial charge in [0.1, 0.15) is 11.5 Å². The number of hydrogen-bond acceptors (Lipinski definition) is 6. The first kappa shape index (κ1) is 17.9. The molecule has 2 N–H and O–H groups in total. The lowest BCUT2D eigenvalue weighted by Gasteiger charge is -2.09. The zero-order valence-corrected chi connectivity index (χ0v) is 15.4. The van der Waals surface area contributed by atoms with Crippen molar-refractivity contribution >= 4 is 21.5 Å². The van der Waals surface area contributed by atoms with Gasteiger partial charge < -0.3 is 9.84 Å². The van der Waals surface area contributed by atoms with Crippen LogP contribution in [-0.4, -0.2) is 25.1 Å². The Morgan fingerprint density at radius 3 is 2.46 bits per heavy atom. The van der Waals surface area contributed by atoms with Crippen LogP contribution in [0, 0.1) is 13.8 Å². The molecule has 0 saturated heterocycles. The van der Waals surface area contributed by atoms with E-state index in [1.807, 2.05) is 18.2 Å². The summed E-state index contributed by atoms with van der Waals surface area (Å²) in [6.07, 6.45) is 2.48. The van der Waals surface area contributed by atoms with Gasteiger partial charge in [-0.15, -0.1) is 0 Å². The number of nitrogens with one attached hydrogen (secondary N) is 2. The summed E-state index contributed by atoms with van der Waals surface area (Å²) in [5, 5.41) is 6.94. The molecule has 3 aromatic rings. The third-order valence-electron chi connectivity index (χ3n) is 3.82. The van der Waals surface area contributed by atoms with E-state index in [0.29, 0.717) is 5.69 Å². The highest BCUT2D eigenvalue weighted by atomic mass is 32.2. The smallest absolute Gasteiger partial charge is 0.268 e. The van der Waals surface area contributed by atoms with Crippen LogP contribution in [0.4, 0.5) is 11.5 Å². The summed E-state index contributed by atoms with van der Waals surface area (Å²) in [4.78, 5) is 4.20. The van der Waals surface area contributed by atoms with Gasteiger partial charge in [-0.3, -0.25) is 4.72 Å². The van der Waals surface area contributed by atoms with E-state index in [4.69, 9.17) is 4.52 Å². The maximum Gasteiger partial charge on any atom is 0.268 e. The van der Waals surface area contributed by atoms with Crippen molar-refractivity contribution in [2.45, 2.75) is 25.2 Å². The molecule has 1 aromatic carbocycles. The van der Waals surface area contributed by atoms with Gasteiger partial charge in [0.25, 0.3) is 10.0 Å². The minimum atomic E-state index is -3.79. The molecule has 26 heavy (non-hydrogen) atoms. The number of hydrogen-bond donors (Lipinski definition) is 2. The second-order valence-electron chi connectivity index (χ2n) is 5.85. The van der Waals surface area contributed by atoms with E-state index < -0.39 is 10.0 Å². The van der Waals surface area contributed by atoms with Crippen molar-refractivity contribution in [2.24, 2.45) is 0 Å². The number of aromatic nitrogens is 2. The summed E-state index contributed by atoms with van der Waals surface area (Å²) in [5.41, 5.74) is 2.38. The number of aryl methyl sites for hydroxylation is 2. The molecule has 7 nitrogen and oxygen atoms in total. The van der Waals surface area contributed by atoms with Crippen LogP contribution in [0.1, 0.15) is 17.0 Å². The Morgan fingerprint density at radius 2 is 1.85 bits per heavy atom. The van der Waals surface area contributed by atoms with Crippen LogP contribution < -0.4 is 10.0 Å². The molecule has 0 radical (unpaired) electrons. The summed E-state index contributed by atoms with van der Waals surface area (Å²) < 4.78 is 32.3. The quantitative estimate of drug-likeness (QED) is 0.661. The molecule has 0 aliphatic carbocycles. The van der Waals surface area contributed by atoms with E-state index in [2.05, 4.69) is 32.3 Å². The molecule has 0 unspecified atom stereocenters. The van der Waals surface area contributed by atoms with Gasteiger partial charge in [-0.05, 0) is 38.0 Å². The summed E-state index contributed by atoms with van der Waals surface area (Å²) >= 11 is 0. The van der Waals surface area contributed by atoms with Crippen molar-refractivity contribution in [3.63, 3.8) is 0 Å². The number of nitrogens with zero attached hydrogens (tertiary/aromatic N) is 2. The fourth-order valence-electron chi connectivity index (χ4n) is 2.60. The maximum absolute atomic E-state index is 12.5. The second kappa shape index (κ2) is 7.57. The molecule has 2 heterocycles. The molecular weight excluding hydrogens is 352 g/mol. The SMILES string of the molecule is Cc1noc(C)c1S(=O)(=O)Nc1ccc(NCCc2ccccc2)cn1. The van der Waals surface area contributed by atoms with E-state index in [-0.39, 0.29) is 16.5 Å². The molecule has 0 spiro atoms. The van der Waals surface area contributed by atoms with Crippen LogP contribution in [-0.2, 0) is 16.4 Å². The van der Waals surface area contributed by atoms with Crippen molar-refractivity contribution in [1.82, 2.24) is 10.1 Å². The molecule has 0 bridgehead atoms. The summed E-state index contributed by atoms with van der Waals surface area (Å²) in [6, 6.07) is 13.6. The Balaban J connectivity index is 1.61. The molecule has 0 aliphatic rings. The number of pyridine rings is 1. The first-order valence-electron chi connectivity index (χ1n) is 8.15. The predicted molar refractivity (Wildman–Crippen MR) is 99.7 cm³/mol. The van der Waals surface area contributed by atoms with E-state index in [0.717, 1.165) is 18.7 Å². The Morgan fingerprint density at radius 1 is 1.08 bits per heavy atom. The van der Waals surface area contributed by atoms with E-state index in [9.17, 15) is 8.42 Å². The molecular formula is C18H20N4O3S. The largest absolute Gasteiger partial charge is 0.383 e. The van der Waals surface area contributed by atoms with Crippen LogP contribution in [0.25, 0.3) is 0 Å².